The molecule has 0 aliphatic carbocycles. The molecule has 6 N–H and O–H groups in total. The average molecular weight is 565 g/mol. The molecule has 200 valence electrons. The van der Waals surface area contributed by atoms with Crippen molar-refractivity contribution in [2.24, 2.45) is 0 Å². The number of dihydropyridines is 2. The van der Waals surface area contributed by atoms with Gasteiger partial charge in [0.05, 0.1) is 22.8 Å². The topological polar surface area (TPSA) is 233 Å². The third-order valence-electron chi connectivity index (χ3n) is 5.26. The Morgan fingerprint density at radius 1 is 0.684 bits per heavy atom. The zero-order chi connectivity index (χ0) is 28.2. The average Bonchev–Trinajstić information content (AvgIpc) is 2.88. The van der Waals surface area contributed by atoms with Crippen molar-refractivity contribution in [3.05, 3.63) is 96.9 Å². The van der Waals surface area contributed by atoms with Gasteiger partial charge in [0.25, 0.3) is 20.2 Å². The number of nitrogens with one attached hydrogen (secondary N) is 2. The van der Waals surface area contributed by atoms with Gasteiger partial charge in [0.2, 0.25) is 9.49 Å². The van der Waals surface area contributed by atoms with Crippen LogP contribution in [0.15, 0.2) is 96.9 Å². The van der Waals surface area contributed by atoms with Crippen LogP contribution in [0.4, 0.5) is 0 Å². The van der Waals surface area contributed by atoms with Gasteiger partial charge in [-0.3, -0.25) is 19.1 Å². The normalized spacial score (nSPS) is 22.5. The lowest BCUT2D eigenvalue weighted by molar-refractivity contribution is -0.138. The summed E-state index contributed by atoms with van der Waals surface area (Å²) in [5, 5.41) is 23.2. The van der Waals surface area contributed by atoms with E-state index in [2.05, 4.69) is 20.6 Å². The molecule has 0 saturated heterocycles. The lowest BCUT2D eigenvalue weighted by Gasteiger charge is -2.29. The van der Waals surface area contributed by atoms with Gasteiger partial charge in [0.1, 0.15) is 0 Å². The van der Waals surface area contributed by atoms with E-state index in [1.807, 2.05) is 36.4 Å². The molecule has 2 aromatic heterocycles. The molecule has 38 heavy (non-hydrogen) atoms. The van der Waals surface area contributed by atoms with Crippen LogP contribution >= 0.6 is 0 Å². The SMILES string of the molecule is O=C(O)C1(S(=O)(=O)O)C=CNC(C2=CC(C(=O)O)(S(=O)(=O)O)C=CN2)=C1.c1ccc(-c2ccccn2)nc1. The molecular weight excluding hydrogens is 544 g/mol. The van der Waals surface area contributed by atoms with Crippen LogP contribution in [0.1, 0.15) is 0 Å². The van der Waals surface area contributed by atoms with E-state index in [0.717, 1.165) is 23.8 Å². The molecule has 0 amide bonds. The minimum atomic E-state index is -5.19. The van der Waals surface area contributed by atoms with E-state index >= 15 is 0 Å². The Labute approximate surface area is 216 Å². The predicted molar refractivity (Wildman–Crippen MR) is 132 cm³/mol. The summed E-state index contributed by atoms with van der Waals surface area (Å²) in [6.45, 7) is 0. The number of nitrogens with zero attached hydrogens (tertiary/aromatic N) is 2. The number of hydrogen-bond donors (Lipinski definition) is 6. The summed E-state index contributed by atoms with van der Waals surface area (Å²) in [5.74, 6) is -3.91. The van der Waals surface area contributed by atoms with Crippen molar-refractivity contribution < 1.29 is 45.7 Å². The van der Waals surface area contributed by atoms with Crippen LogP contribution in [-0.4, -0.2) is 67.6 Å². The molecule has 4 rings (SSSR count). The number of rotatable bonds is 6. The molecule has 14 nitrogen and oxygen atoms in total. The maximum absolute atomic E-state index is 11.5. The summed E-state index contributed by atoms with van der Waals surface area (Å²) in [6.07, 6.45) is 7.58. The van der Waals surface area contributed by atoms with Crippen molar-refractivity contribution in [3.63, 3.8) is 0 Å². The fourth-order valence-electron chi connectivity index (χ4n) is 3.27. The smallest absolute Gasteiger partial charge is 0.335 e. The highest BCUT2D eigenvalue weighted by Gasteiger charge is 2.51. The fourth-order valence-corrected chi connectivity index (χ4v) is 4.72. The number of carboxylic acid groups (broad SMARTS) is 2. The Morgan fingerprint density at radius 3 is 1.32 bits per heavy atom. The highest BCUT2D eigenvalue weighted by atomic mass is 32.2. The monoisotopic (exact) mass is 564 g/mol. The fraction of sp³-hybridized carbons (Fsp3) is 0.0909. The van der Waals surface area contributed by atoms with Crippen molar-refractivity contribution in [3.8, 4) is 11.4 Å². The number of carbonyl (C=O) groups is 2. The largest absolute Gasteiger partial charge is 0.480 e. The molecule has 0 spiro atoms. The van der Waals surface area contributed by atoms with Crippen LogP contribution in [0.3, 0.4) is 0 Å². The molecule has 2 aromatic rings. The molecule has 0 aromatic carbocycles. The second-order valence-electron chi connectivity index (χ2n) is 7.65. The number of pyridine rings is 2. The Bertz CT molecular complexity index is 1450. The maximum atomic E-state index is 11.5. The molecule has 2 atom stereocenters. The first-order chi connectivity index (χ1) is 17.7. The lowest BCUT2D eigenvalue weighted by atomic mass is 9.99. The molecule has 0 bridgehead atoms. The summed E-state index contributed by atoms with van der Waals surface area (Å²) < 4.78 is 59.0. The van der Waals surface area contributed by atoms with Crippen molar-refractivity contribution >= 4 is 32.2 Å². The summed E-state index contributed by atoms with van der Waals surface area (Å²) in [5.41, 5.74) is 1.09. The summed E-state index contributed by atoms with van der Waals surface area (Å²) in [4.78, 5) is 31.2. The van der Waals surface area contributed by atoms with Crippen molar-refractivity contribution in [2.45, 2.75) is 9.49 Å². The Kier molecular flexibility index (Phi) is 7.82. The molecule has 4 heterocycles. The van der Waals surface area contributed by atoms with Gasteiger partial charge in [-0.2, -0.15) is 16.8 Å². The highest BCUT2D eigenvalue weighted by Crippen LogP contribution is 2.31. The molecular formula is C22H20N4O10S2. The van der Waals surface area contributed by atoms with E-state index < -0.39 is 41.7 Å². The first kappa shape index (κ1) is 28.2. The minimum Gasteiger partial charge on any atom is -0.480 e. The van der Waals surface area contributed by atoms with Gasteiger partial charge in [0, 0.05) is 12.4 Å². The van der Waals surface area contributed by atoms with Crippen LogP contribution in [0.5, 0.6) is 0 Å². The molecule has 0 radical (unpaired) electrons. The summed E-state index contributed by atoms with van der Waals surface area (Å²) in [6, 6.07) is 11.6. The zero-order valence-corrected chi connectivity index (χ0v) is 20.7. The van der Waals surface area contributed by atoms with Crippen molar-refractivity contribution in [1.82, 2.24) is 20.6 Å². The van der Waals surface area contributed by atoms with Gasteiger partial charge in [0.15, 0.2) is 0 Å². The standard InChI is InChI=1S/C12H12N2O10S2.C10H8N2/c15-9(16)11(25(19,20)21)1-3-13-7(5-11)8-6-12(10(17)18,2-4-14-8)26(22,23)24;1-3-7-11-9(5-1)10-6-2-4-8-12-10/h1-6,13-14H,(H,15,16)(H,17,18)(H,19,20,21)(H,22,23,24);1-8H. The number of aromatic nitrogens is 2. The van der Waals surface area contributed by atoms with Gasteiger partial charge in [-0.1, -0.05) is 12.1 Å². The molecule has 0 fully saturated rings. The van der Waals surface area contributed by atoms with Crippen LogP contribution in [-0.2, 0) is 29.8 Å². The number of hydrogen-bond acceptors (Lipinski definition) is 10. The first-order valence-electron chi connectivity index (χ1n) is 10.3. The third-order valence-corrected chi connectivity index (χ3v) is 7.83. The second-order valence-corrected chi connectivity index (χ2v) is 10.9. The first-order valence-corrected chi connectivity index (χ1v) is 13.2. The van der Waals surface area contributed by atoms with E-state index in [4.69, 9.17) is 0 Å². The molecule has 16 heteroatoms. The van der Waals surface area contributed by atoms with E-state index in [1.54, 1.807) is 12.4 Å². The van der Waals surface area contributed by atoms with E-state index in [-0.39, 0.29) is 11.4 Å². The van der Waals surface area contributed by atoms with Gasteiger partial charge in [-0.25, -0.2) is 9.59 Å². The third kappa shape index (κ3) is 5.47. The predicted octanol–water partition coefficient (Wildman–Crippen LogP) is 0.554. The molecule has 2 aliphatic heterocycles. The van der Waals surface area contributed by atoms with E-state index in [9.17, 15) is 45.7 Å². The molecule has 0 saturated carbocycles. The lowest BCUT2D eigenvalue weighted by Crippen LogP contribution is -2.48. The van der Waals surface area contributed by atoms with Gasteiger partial charge in [-0.05, 0) is 61.0 Å². The van der Waals surface area contributed by atoms with Crippen molar-refractivity contribution in [1.29, 1.82) is 0 Å². The Balaban J connectivity index is 0.000000275. The van der Waals surface area contributed by atoms with Gasteiger partial charge < -0.3 is 20.8 Å². The summed E-state index contributed by atoms with van der Waals surface area (Å²) in [7, 11) is -10.4. The molecule has 2 aliphatic rings. The number of aliphatic carboxylic acids is 2. The van der Waals surface area contributed by atoms with Crippen LogP contribution in [0.2, 0.25) is 0 Å². The van der Waals surface area contributed by atoms with Crippen LogP contribution in [0, 0.1) is 0 Å². The van der Waals surface area contributed by atoms with Crippen molar-refractivity contribution in [2.75, 3.05) is 0 Å². The minimum absolute atomic E-state index is 0.369. The van der Waals surface area contributed by atoms with Gasteiger partial charge >= 0.3 is 11.9 Å². The summed E-state index contributed by atoms with van der Waals surface area (Å²) >= 11 is 0. The van der Waals surface area contributed by atoms with E-state index in [1.165, 1.54) is 0 Å². The zero-order valence-electron chi connectivity index (χ0n) is 19.0. The maximum Gasteiger partial charge on any atom is 0.335 e. The number of carboxylic acids is 2. The Morgan fingerprint density at radius 2 is 1.05 bits per heavy atom. The highest BCUT2D eigenvalue weighted by molar-refractivity contribution is 7.88. The van der Waals surface area contributed by atoms with Crippen LogP contribution in [0.25, 0.3) is 11.4 Å². The molecule has 2 unspecified atom stereocenters. The van der Waals surface area contributed by atoms with E-state index in [0.29, 0.717) is 24.3 Å². The Hall–Kier alpha value is -4.38. The second kappa shape index (κ2) is 10.5. The quantitative estimate of drug-likeness (QED) is 0.263. The van der Waals surface area contributed by atoms with Crippen LogP contribution < -0.4 is 10.6 Å². The van der Waals surface area contributed by atoms with Gasteiger partial charge in [-0.15, -0.1) is 0 Å².